The molecular formula is C18H22N4O4. The van der Waals surface area contributed by atoms with Gasteiger partial charge in [-0.1, -0.05) is 12.1 Å². The lowest BCUT2D eigenvalue weighted by molar-refractivity contribution is -0.389. The molecule has 8 heteroatoms. The highest BCUT2D eigenvalue weighted by Gasteiger charge is 2.28. The molecule has 3 heterocycles. The summed E-state index contributed by atoms with van der Waals surface area (Å²) in [6, 6.07) is 8.78. The highest BCUT2D eigenvalue weighted by Crippen LogP contribution is 2.24. The van der Waals surface area contributed by atoms with Crippen molar-refractivity contribution in [2.24, 2.45) is 0 Å². The van der Waals surface area contributed by atoms with Crippen LogP contribution >= 0.6 is 0 Å². The van der Waals surface area contributed by atoms with Crippen molar-refractivity contribution in [1.29, 1.82) is 0 Å². The predicted molar refractivity (Wildman–Crippen MR) is 95.5 cm³/mol. The minimum Gasteiger partial charge on any atom is -0.443 e. The van der Waals surface area contributed by atoms with Crippen molar-refractivity contribution in [2.75, 3.05) is 24.6 Å². The van der Waals surface area contributed by atoms with E-state index in [1.807, 2.05) is 0 Å². The van der Waals surface area contributed by atoms with Crippen LogP contribution in [0.1, 0.15) is 24.8 Å². The summed E-state index contributed by atoms with van der Waals surface area (Å²) in [4.78, 5) is 16.5. The highest BCUT2D eigenvalue weighted by atomic mass is 16.6. The maximum absolute atomic E-state index is 10.8. The lowest BCUT2D eigenvalue weighted by atomic mass is 10.1. The molecule has 1 fully saturated rings. The fraction of sp³-hybridized carbons (Fsp3) is 0.500. The van der Waals surface area contributed by atoms with Gasteiger partial charge in [-0.25, -0.2) is 0 Å². The molecule has 4 rings (SSSR count). The van der Waals surface area contributed by atoms with Gasteiger partial charge in [-0.05, 0) is 41.9 Å². The number of benzene rings is 1. The first-order chi connectivity index (χ1) is 12.7. The van der Waals surface area contributed by atoms with Crippen LogP contribution in [-0.4, -0.2) is 40.3 Å². The van der Waals surface area contributed by atoms with Gasteiger partial charge in [-0.3, -0.25) is 4.57 Å². The molecule has 0 amide bonds. The van der Waals surface area contributed by atoms with Gasteiger partial charge < -0.3 is 24.5 Å². The van der Waals surface area contributed by atoms with Crippen molar-refractivity contribution in [2.45, 2.75) is 38.5 Å². The monoisotopic (exact) mass is 358 g/mol. The van der Waals surface area contributed by atoms with Crippen molar-refractivity contribution in [3.63, 3.8) is 0 Å². The van der Waals surface area contributed by atoms with Crippen molar-refractivity contribution in [3.8, 4) is 6.01 Å². The normalized spacial score (nSPS) is 19.7. The molecule has 0 N–H and O–H groups in total. The van der Waals surface area contributed by atoms with E-state index < -0.39 is 4.92 Å². The van der Waals surface area contributed by atoms with E-state index in [9.17, 15) is 10.1 Å². The average molecular weight is 358 g/mol. The Morgan fingerprint density at radius 1 is 1.23 bits per heavy atom. The minimum absolute atomic E-state index is 0.155. The lowest BCUT2D eigenvalue weighted by Gasteiger charge is -2.29. The summed E-state index contributed by atoms with van der Waals surface area (Å²) in [5.41, 5.74) is 2.37. The van der Waals surface area contributed by atoms with Gasteiger partial charge in [-0.2, -0.15) is 0 Å². The van der Waals surface area contributed by atoms with Crippen LogP contribution in [0.5, 0.6) is 6.01 Å². The van der Waals surface area contributed by atoms with Gasteiger partial charge in [0.05, 0.1) is 13.2 Å². The Morgan fingerprint density at radius 3 is 2.73 bits per heavy atom. The smallest absolute Gasteiger partial charge is 0.414 e. The summed E-state index contributed by atoms with van der Waals surface area (Å²) in [6.07, 6.45) is 5.09. The number of anilines is 1. The zero-order valence-corrected chi connectivity index (χ0v) is 14.5. The van der Waals surface area contributed by atoms with E-state index in [0.717, 1.165) is 18.7 Å². The summed E-state index contributed by atoms with van der Waals surface area (Å²) >= 11 is 0. The lowest BCUT2D eigenvalue weighted by Crippen LogP contribution is -2.32. The third-order valence-corrected chi connectivity index (χ3v) is 4.86. The quantitative estimate of drug-likeness (QED) is 0.604. The Balaban J connectivity index is 1.32. The van der Waals surface area contributed by atoms with Crippen LogP contribution < -0.4 is 9.64 Å². The van der Waals surface area contributed by atoms with E-state index in [1.54, 1.807) is 4.57 Å². The largest absolute Gasteiger partial charge is 0.443 e. The summed E-state index contributed by atoms with van der Waals surface area (Å²) in [7, 11) is 0. The summed E-state index contributed by atoms with van der Waals surface area (Å²) < 4.78 is 13.0. The molecule has 138 valence electrons. The molecule has 1 saturated heterocycles. The first-order valence-electron chi connectivity index (χ1n) is 8.99. The van der Waals surface area contributed by atoms with Crippen LogP contribution in [0.3, 0.4) is 0 Å². The molecule has 1 atom stereocenters. The van der Waals surface area contributed by atoms with Crippen molar-refractivity contribution in [3.05, 3.63) is 46.1 Å². The van der Waals surface area contributed by atoms with E-state index in [0.29, 0.717) is 19.8 Å². The number of hydrogen-bond donors (Lipinski definition) is 0. The van der Waals surface area contributed by atoms with E-state index in [2.05, 4.69) is 34.1 Å². The van der Waals surface area contributed by atoms with Gasteiger partial charge in [0.1, 0.15) is 18.9 Å². The first kappa shape index (κ1) is 16.8. The molecule has 1 aromatic carbocycles. The molecule has 2 aliphatic rings. The summed E-state index contributed by atoms with van der Waals surface area (Å²) in [5.74, 6) is -0.200. The van der Waals surface area contributed by atoms with Gasteiger partial charge in [-0.15, -0.1) is 0 Å². The molecule has 0 unspecified atom stereocenters. The molecule has 26 heavy (non-hydrogen) atoms. The molecule has 2 aliphatic heterocycles. The maximum atomic E-state index is 10.8. The van der Waals surface area contributed by atoms with Crippen molar-refractivity contribution >= 4 is 11.5 Å². The zero-order valence-electron chi connectivity index (χ0n) is 14.5. The fourth-order valence-electron chi connectivity index (χ4n) is 3.43. The summed E-state index contributed by atoms with van der Waals surface area (Å²) in [6.45, 7) is 3.60. The number of ether oxygens (including phenoxy) is 2. The molecule has 0 spiro atoms. The molecule has 0 radical (unpaired) electrons. The topological polar surface area (TPSA) is 82.7 Å². The third kappa shape index (κ3) is 3.65. The van der Waals surface area contributed by atoms with Gasteiger partial charge in [0.25, 0.3) is 0 Å². The number of nitro groups is 1. The number of hydrogen-bond acceptors (Lipinski definition) is 6. The molecule has 2 aromatic rings. The van der Waals surface area contributed by atoms with E-state index in [-0.39, 0.29) is 17.9 Å². The molecule has 8 nitrogen and oxygen atoms in total. The number of fused-ring (bicyclic) bond motifs is 1. The van der Waals surface area contributed by atoms with Crippen molar-refractivity contribution in [1.82, 2.24) is 9.55 Å². The fourth-order valence-corrected chi connectivity index (χ4v) is 3.43. The second-order valence-electron chi connectivity index (χ2n) is 6.75. The third-order valence-electron chi connectivity index (χ3n) is 4.86. The van der Waals surface area contributed by atoms with Crippen LogP contribution in [0.15, 0.2) is 30.5 Å². The maximum Gasteiger partial charge on any atom is 0.414 e. The number of nitrogens with zero attached hydrogens (tertiary/aromatic N) is 4. The molecular weight excluding hydrogens is 336 g/mol. The standard InChI is InChI=1S/C18H22N4O4/c23-22(24)17-11-21-10-16(13-26-18(21)19-17)25-12-14-4-6-15(7-5-14)20-8-2-1-3-9-20/h4-7,11,16H,1-3,8-10,12-13H2/t16-/m0/s1. The van der Waals surface area contributed by atoms with Gasteiger partial charge in [0.2, 0.25) is 0 Å². The summed E-state index contributed by atoms with van der Waals surface area (Å²) in [5, 5.41) is 10.8. The van der Waals surface area contributed by atoms with Crippen LogP contribution in [0, 0.1) is 10.1 Å². The number of rotatable bonds is 5. The van der Waals surface area contributed by atoms with E-state index in [1.165, 1.54) is 31.1 Å². The van der Waals surface area contributed by atoms with Gasteiger partial charge >= 0.3 is 11.8 Å². The second kappa shape index (κ2) is 7.33. The Bertz CT molecular complexity index is 768. The Hall–Kier alpha value is -2.61. The van der Waals surface area contributed by atoms with Gasteiger partial charge in [0, 0.05) is 23.8 Å². The van der Waals surface area contributed by atoms with Gasteiger partial charge in [0.15, 0.2) is 0 Å². The van der Waals surface area contributed by atoms with Crippen LogP contribution in [0.2, 0.25) is 0 Å². The first-order valence-corrected chi connectivity index (χ1v) is 8.99. The van der Waals surface area contributed by atoms with Crippen LogP contribution in [0.4, 0.5) is 11.5 Å². The molecule has 0 saturated carbocycles. The Morgan fingerprint density at radius 2 is 2.00 bits per heavy atom. The molecule has 1 aromatic heterocycles. The number of imidazole rings is 1. The Labute approximate surface area is 151 Å². The second-order valence-corrected chi connectivity index (χ2v) is 6.75. The SMILES string of the molecule is O=[N+]([O-])c1cn2c(n1)OC[C@@H](OCc1ccc(N3CCCCC3)cc1)C2. The number of aromatic nitrogens is 2. The number of piperidine rings is 1. The Kier molecular flexibility index (Phi) is 4.75. The average Bonchev–Trinajstić information content (AvgIpc) is 3.11. The molecule has 0 aliphatic carbocycles. The van der Waals surface area contributed by atoms with Crippen molar-refractivity contribution < 1.29 is 14.4 Å². The van der Waals surface area contributed by atoms with Crippen LogP contribution in [0.25, 0.3) is 0 Å². The molecule has 0 bridgehead atoms. The van der Waals surface area contributed by atoms with E-state index in [4.69, 9.17) is 9.47 Å². The van der Waals surface area contributed by atoms with E-state index >= 15 is 0 Å². The van der Waals surface area contributed by atoms with Crippen LogP contribution in [-0.2, 0) is 17.9 Å². The predicted octanol–water partition coefficient (Wildman–Crippen LogP) is 2.76. The highest BCUT2D eigenvalue weighted by molar-refractivity contribution is 5.47. The minimum atomic E-state index is -0.519. The zero-order chi connectivity index (χ0) is 17.9.